The number of aliphatic carboxylic acids is 1. The Labute approximate surface area is 154 Å². The van der Waals surface area contributed by atoms with E-state index in [9.17, 15) is 18.0 Å². The standard InChI is InChI=1S/C14H22N4O2.C2HF3O2/c1-15-14(19)12-5-11-3-4-18(9-13(11)20-12)8-10-6-16-17(2)7-10;3-2(4,5)1(6)7/h6-7,11-13H,3-5,8-9H2,1-2H3,(H,15,19);(H,6,7)/t11-,12+,13+;/m0./s1. The Bertz CT molecular complexity index is 664. The highest BCUT2D eigenvalue weighted by molar-refractivity contribution is 5.80. The molecule has 3 heterocycles. The minimum absolute atomic E-state index is 0.0122. The lowest BCUT2D eigenvalue weighted by Crippen LogP contribution is -2.42. The molecule has 0 aromatic carbocycles. The van der Waals surface area contributed by atoms with E-state index in [1.807, 2.05) is 17.9 Å². The third-order valence-electron chi connectivity index (χ3n) is 4.58. The molecule has 152 valence electrons. The fourth-order valence-corrected chi connectivity index (χ4v) is 3.28. The monoisotopic (exact) mass is 392 g/mol. The van der Waals surface area contributed by atoms with Crippen LogP contribution >= 0.6 is 0 Å². The number of aromatic nitrogens is 2. The number of alkyl halides is 3. The predicted octanol–water partition coefficient (Wildman–Crippen LogP) is 0.779. The van der Waals surface area contributed by atoms with Gasteiger partial charge in [-0.15, -0.1) is 0 Å². The molecule has 2 N–H and O–H groups in total. The van der Waals surface area contributed by atoms with E-state index in [1.54, 1.807) is 7.05 Å². The number of likely N-dealkylation sites (tertiary alicyclic amines) is 1. The summed E-state index contributed by atoms with van der Waals surface area (Å²) in [5.74, 6) is -2.21. The number of aryl methyl sites for hydroxylation is 1. The lowest BCUT2D eigenvalue weighted by molar-refractivity contribution is -0.192. The van der Waals surface area contributed by atoms with Gasteiger partial charge in [0.25, 0.3) is 0 Å². The first-order valence-corrected chi connectivity index (χ1v) is 8.47. The van der Waals surface area contributed by atoms with Crippen LogP contribution in [0.2, 0.25) is 0 Å². The Balaban J connectivity index is 0.000000321. The van der Waals surface area contributed by atoms with Crippen LogP contribution < -0.4 is 5.32 Å². The highest BCUT2D eigenvalue weighted by Crippen LogP contribution is 2.33. The Hall–Kier alpha value is -2.14. The second-order valence-electron chi connectivity index (χ2n) is 6.62. The van der Waals surface area contributed by atoms with Gasteiger partial charge < -0.3 is 15.2 Å². The molecule has 11 heteroatoms. The fourth-order valence-electron chi connectivity index (χ4n) is 3.28. The summed E-state index contributed by atoms with van der Waals surface area (Å²) in [5.41, 5.74) is 1.23. The minimum Gasteiger partial charge on any atom is -0.475 e. The van der Waals surface area contributed by atoms with E-state index < -0.39 is 12.1 Å². The molecule has 0 unspecified atom stereocenters. The van der Waals surface area contributed by atoms with Crippen LogP contribution in [0.15, 0.2) is 12.4 Å². The van der Waals surface area contributed by atoms with Gasteiger partial charge in [0.2, 0.25) is 5.91 Å². The first-order valence-electron chi connectivity index (χ1n) is 8.47. The highest BCUT2D eigenvalue weighted by atomic mass is 19.4. The van der Waals surface area contributed by atoms with Crippen molar-refractivity contribution in [3.8, 4) is 0 Å². The molecule has 2 saturated heterocycles. The number of hydrogen-bond acceptors (Lipinski definition) is 5. The maximum Gasteiger partial charge on any atom is 0.490 e. The Kier molecular flexibility index (Phi) is 6.82. The highest BCUT2D eigenvalue weighted by Gasteiger charge is 2.41. The Morgan fingerprint density at radius 1 is 1.44 bits per heavy atom. The molecule has 0 bridgehead atoms. The number of likely N-dealkylation sites (N-methyl/N-ethyl adjacent to an activating group) is 1. The number of rotatable bonds is 3. The van der Waals surface area contributed by atoms with Crippen LogP contribution in [0.5, 0.6) is 0 Å². The summed E-state index contributed by atoms with van der Waals surface area (Å²) < 4.78 is 39.5. The molecule has 0 radical (unpaired) electrons. The molecule has 3 atom stereocenters. The minimum atomic E-state index is -5.08. The number of carboxylic acids is 1. The maximum absolute atomic E-state index is 11.7. The van der Waals surface area contributed by atoms with Crippen LogP contribution in [-0.2, 0) is 27.9 Å². The van der Waals surface area contributed by atoms with Gasteiger partial charge in [-0.05, 0) is 25.3 Å². The van der Waals surface area contributed by atoms with Crippen molar-refractivity contribution < 1.29 is 32.6 Å². The molecule has 0 saturated carbocycles. The summed E-state index contributed by atoms with van der Waals surface area (Å²) in [4.78, 5) is 23.0. The first-order chi connectivity index (χ1) is 12.6. The number of nitrogens with zero attached hydrogens (tertiary/aromatic N) is 3. The quantitative estimate of drug-likeness (QED) is 0.789. The van der Waals surface area contributed by atoms with E-state index in [-0.39, 0.29) is 18.1 Å². The lowest BCUT2D eigenvalue weighted by Gasteiger charge is -2.33. The van der Waals surface area contributed by atoms with Crippen molar-refractivity contribution in [2.75, 3.05) is 20.1 Å². The third kappa shape index (κ3) is 5.93. The number of fused-ring (bicyclic) bond motifs is 1. The molecule has 1 aromatic rings. The molecule has 2 aliphatic heterocycles. The number of carboxylic acid groups (broad SMARTS) is 1. The van der Waals surface area contributed by atoms with Crippen LogP contribution in [0.25, 0.3) is 0 Å². The number of piperidine rings is 1. The van der Waals surface area contributed by atoms with E-state index >= 15 is 0 Å². The molecule has 3 rings (SSSR count). The maximum atomic E-state index is 11.7. The van der Waals surface area contributed by atoms with Gasteiger partial charge in [-0.25, -0.2) is 4.79 Å². The van der Waals surface area contributed by atoms with Gasteiger partial charge in [0.15, 0.2) is 0 Å². The number of amides is 1. The van der Waals surface area contributed by atoms with Crippen LogP contribution in [0.3, 0.4) is 0 Å². The average Bonchev–Trinajstić information content (AvgIpc) is 3.19. The van der Waals surface area contributed by atoms with Gasteiger partial charge in [0.1, 0.15) is 6.10 Å². The van der Waals surface area contributed by atoms with Crippen molar-refractivity contribution in [1.29, 1.82) is 0 Å². The number of ether oxygens (including phenoxy) is 1. The van der Waals surface area contributed by atoms with Crippen molar-refractivity contribution >= 4 is 11.9 Å². The van der Waals surface area contributed by atoms with E-state index in [2.05, 4.69) is 21.5 Å². The van der Waals surface area contributed by atoms with Crippen LogP contribution in [0.4, 0.5) is 13.2 Å². The SMILES string of the molecule is CNC(=O)[C@H]1C[C@@H]2CCN(Cc3cnn(C)c3)C[C@H]2O1.O=C(O)C(F)(F)F. The van der Waals surface area contributed by atoms with Gasteiger partial charge >= 0.3 is 12.1 Å². The molecule has 2 fully saturated rings. The lowest BCUT2D eigenvalue weighted by atomic mass is 9.91. The van der Waals surface area contributed by atoms with Crippen LogP contribution in [-0.4, -0.2) is 70.2 Å². The molecule has 27 heavy (non-hydrogen) atoms. The van der Waals surface area contributed by atoms with Crippen molar-refractivity contribution in [3.05, 3.63) is 18.0 Å². The molecular formula is C16H23F3N4O4. The molecule has 0 aliphatic carbocycles. The second-order valence-corrected chi connectivity index (χ2v) is 6.62. The summed E-state index contributed by atoms with van der Waals surface area (Å²) in [5, 5.41) is 14.0. The summed E-state index contributed by atoms with van der Waals surface area (Å²) in [6.45, 7) is 2.89. The first kappa shape index (κ1) is 21.2. The number of hydrogen-bond donors (Lipinski definition) is 2. The molecule has 1 amide bonds. The third-order valence-corrected chi connectivity index (χ3v) is 4.58. The zero-order chi connectivity index (χ0) is 20.2. The van der Waals surface area contributed by atoms with Gasteiger partial charge in [0.05, 0.1) is 12.3 Å². The zero-order valence-corrected chi connectivity index (χ0v) is 15.1. The molecular weight excluding hydrogens is 369 g/mol. The number of halogens is 3. The van der Waals surface area contributed by atoms with Crippen LogP contribution in [0, 0.1) is 5.92 Å². The van der Waals surface area contributed by atoms with E-state index in [0.717, 1.165) is 32.5 Å². The van der Waals surface area contributed by atoms with Gasteiger partial charge in [-0.1, -0.05) is 0 Å². The topological polar surface area (TPSA) is 96.7 Å². The number of carbonyl (C=O) groups is 2. The molecule has 0 spiro atoms. The summed E-state index contributed by atoms with van der Waals surface area (Å²) >= 11 is 0. The molecule has 8 nitrogen and oxygen atoms in total. The summed E-state index contributed by atoms with van der Waals surface area (Å²) in [6, 6.07) is 0. The summed E-state index contributed by atoms with van der Waals surface area (Å²) in [6.07, 6.45) is 0.795. The van der Waals surface area contributed by atoms with Crippen molar-refractivity contribution in [2.45, 2.75) is 37.8 Å². The Morgan fingerprint density at radius 3 is 2.63 bits per heavy atom. The molecule has 1 aromatic heterocycles. The van der Waals surface area contributed by atoms with E-state index in [1.165, 1.54) is 5.56 Å². The smallest absolute Gasteiger partial charge is 0.475 e. The van der Waals surface area contributed by atoms with Crippen molar-refractivity contribution in [1.82, 2.24) is 20.0 Å². The molecule has 2 aliphatic rings. The Morgan fingerprint density at radius 2 is 2.11 bits per heavy atom. The normalized spacial score (nSPS) is 25.3. The number of carbonyl (C=O) groups excluding carboxylic acids is 1. The predicted molar refractivity (Wildman–Crippen MR) is 87.6 cm³/mol. The zero-order valence-electron chi connectivity index (χ0n) is 15.1. The van der Waals surface area contributed by atoms with Crippen molar-refractivity contribution in [3.63, 3.8) is 0 Å². The van der Waals surface area contributed by atoms with Gasteiger partial charge in [0, 0.05) is 38.9 Å². The van der Waals surface area contributed by atoms with E-state index in [4.69, 9.17) is 14.6 Å². The number of nitrogens with one attached hydrogen (secondary N) is 1. The van der Waals surface area contributed by atoms with Crippen molar-refractivity contribution in [2.24, 2.45) is 13.0 Å². The van der Waals surface area contributed by atoms with Gasteiger partial charge in [-0.3, -0.25) is 14.4 Å². The fraction of sp³-hybridized carbons (Fsp3) is 0.688. The largest absolute Gasteiger partial charge is 0.490 e. The average molecular weight is 392 g/mol. The summed E-state index contributed by atoms with van der Waals surface area (Å²) in [7, 11) is 3.60. The van der Waals surface area contributed by atoms with Gasteiger partial charge in [-0.2, -0.15) is 18.3 Å². The van der Waals surface area contributed by atoms with Crippen LogP contribution in [0.1, 0.15) is 18.4 Å². The second kappa shape index (κ2) is 8.70. The van der Waals surface area contributed by atoms with E-state index in [0.29, 0.717) is 5.92 Å².